The summed E-state index contributed by atoms with van der Waals surface area (Å²) in [6.45, 7) is 6.16. The Kier molecular flexibility index (Phi) is 6.41. The number of carbonyl (C=O) groups is 1. The van der Waals surface area contributed by atoms with E-state index in [1.807, 2.05) is 10.7 Å². The highest BCUT2D eigenvalue weighted by atomic mass is 32.2. The quantitative estimate of drug-likeness (QED) is 0.449. The standard InChI is InChI=1S/C26H28FN5OS/c1-3-31(4-2)19-14-12-17(13-15-19)24-23-21(10-7-11-22(23)33)28-25-29-26(30-32(24)25)34-16-18-8-5-6-9-20(18)27/h5-6,8-9,12-15,24H,3-4,7,10-11,16H2,1-2H3,(H,28,29,30). The van der Waals surface area contributed by atoms with Crippen LogP contribution in [0.2, 0.25) is 0 Å². The first-order valence-corrected chi connectivity index (χ1v) is 12.8. The molecule has 1 aromatic heterocycles. The highest BCUT2D eigenvalue weighted by molar-refractivity contribution is 7.98. The van der Waals surface area contributed by atoms with Crippen LogP contribution in [-0.2, 0) is 10.5 Å². The van der Waals surface area contributed by atoms with Gasteiger partial charge in [0.1, 0.15) is 11.9 Å². The molecule has 0 bridgehead atoms. The maximum atomic E-state index is 14.1. The van der Waals surface area contributed by atoms with Gasteiger partial charge in [0, 0.05) is 42.2 Å². The first kappa shape index (κ1) is 22.7. The number of carbonyl (C=O) groups excluding carboxylic acids is 1. The van der Waals surface area contributed by atoms with Crippen LogP contribution in [0.25, 0.3) is 0 Å². The molecule has 34 heavy (non-hydrogen) atoms. The average molecular weight is 478 g/mol. The number of fused-ring (bicyclic) bond motifs is 1. The van der Waals surface area contributed by atoms with E-state index in [0.717, 1.165) is 48.5 Å². The maximum absolute atomic E-state index is 14.1. The summed E-state index contributed by atoms with van der Waals surface area (Å²) in [4.78, 5) is 20.0. The Morgan fingerprint density at radius 1 is 1.12 bits per heavy atom. The van der Waals surface area contributed by atoms with Gasteiger partial charge in [0.05, 0.1) is 0 Å². The zero-order chi connectivity index (χ0) is 23.7. The van der Waals surface area contributed by atoms with Crippen molar-refractivity contribution in [2.24, 2.45) is 0 Å². The predicted octanol–water partition coefficient (Wildman–Crippen LogP) is 5.58. The third-order valence-electron chi connectivity index (χ3n) is 6.50. The molecule has 1 aliphatic carbocycles. The lowest BCUT2D eigenvalue weighted by Gasteiger charge is -2.32. The van der Waals surface area contributed by atoms with Crippen LogP contribution in [0.4, 0.5) is 16.0 Å². The number of rotatable bonds is 7. The van der Waals surface area contributed by atoms with Gasteiger partial charge in [-0.25, -0.2) is 9.07 Å². The van der Waals surface area contributed by atoms with Crippen LogP contribution in [-0.4, -0.2) is 33.6 Å². The van der Waals surface area contributed by atoms with Crippen LogP contribution in [0, 0.1) is 5.82 Å². The number of Topliss-reactive ketones (excluding diaryl/α,β-unsaturated/α-hetero) is 1. The van der Waals surface area contributed by atoms with Crippen molar-refractivity contribution in [1.29, 1.82) is 0 Å². The molecule has 6 nitrogen and oxygen atoms in total. The second-order valence-electron chi connectivity index (χ2n) is 8.50. The third-order valence-corrected chi connectivity index (χ3v) is 7.39. The van der Waals surface area contributed by atoms with Gasteiger partial charge >= 0.3 is 0 Å². The fourth-order valence-corrected chi connectivity index (χ4v) is 5.54. The van der Waals surface area contributed by atoms with E-state index in [2.05, 4.69) is 53.3 Å². The number of allylic oxidation sites excluding steroid dienone is 2. The van der Waals surface area contributed by atoms with Gasteiger partial charge in [-0.3, -0.25) is 4.79 Å². The molecular formula is C26H28FN5OS. The van der Waals surface area contributed by atoms with E-state index in [0.29, 0.717) is 28.8 Å². The summed E-state index contributed by atoms with van der Waals surface area (Å²) in [7, 11) is 0. The van der Waals surface area contributed by atoms with Gasteiger partial charge in [-0.05, 0) is 56.0 Å². The van der Waals surface area contributed by atoms with Gasteiger partial charge in [-0.15, -0.1) is 5.10 Å². The SMILES string of the molecule is CCN(CC)c1ccc(C2C3=C(CCCC3=O)Nc3nc(SCc4ccccc4F)nn32)cc1. The molecule has 2 heterocycles. The molecule has 0 saturated carbocycles. The second kappa shape index (κ2) is 9.62. The summed E-state index contributed by atoms with van der Waals surface area (Å²) in [6.07, 6.45) is 2.20. The Balaban J connectivity index is 1.49. The molecular weight excluding hydrogens is 449 g/mol. The lowest BCUT2D eigenvalue weighted by atomic mass is 9.85. The van der Waals surface area contributed by atoms with Crippen LogP contribution < -0.4 is 10.2 Å². The van der Waals surface area contributed by atoms with Gasteiger partial charge in [0.2, 0.25) is 11.1 Å². The highest BCUT2D eigenvalue weighted by Gasteiger charge is 2.36. The van der Waals surface area contributed by atoms with E-state index in [1.54, 1.807) is 12.1 Å². The zero-order valence-corrected chi connectivity index (χ0v) is 20.2. The van der Waals surface area contributed by atoms with Crippen molar-refractivity contribution in [3.8, 4) is 0 Å². The summed E-state index contributed by atoms with van der Waals surface area (Å²) < 4.78 is 15.9. The summed E-state index contributed by atoms with van der Waals surface area (Å²) in [5.74, 6) is 0.993. The predicted molar refractivity (Wildman–Crippen MR) is 134 cm³/mol. The number of nitrogens with one attached hydrogen (secondary N) is 1. The summed E-state index contributed by atoms with van der Waals surface area (Å²) in [6, 6.07) is 14.8. The van der Waals surface area contributed by atoms with Crippen molar-refractivity contribution in [2.75, 3.05) is 23.3 Å². The van der Waals surface area contributed by atoms with Crippen molar-refractivity contribution in [3.63, 3.8) is 0 Å². The normalized spacial score (nSPS) is 17.3. The first-order valence-electron chi connectivity index (χ1n) is 11.8. The van der Waals surface area contributed by atoms with Crippen molar-refractivity contribution >= 4 is 29.2 Å². The van der Waals surface area contributed by atoms with Crippen molar-refractivity contribution in [1.82, 2.24) is 14.8 Å². The number of ketones is 1. The Morgan fingerprint density at radius 3 is 2.62 bits per heavy atom. The maximum Gasteiger partial charge on any atom is 0.227 e. The molecule has 0 radical (unpaired) electrons. The smallest absolute Gasteiger partial charge is 0.227 e. The first-order chi connectivity index (χ1) is 16.6. The minimum absolute atomic E-state index is 0.160. The summed E-state index contributed by atoms with van der Waals surface area (Å²) >= 11 is 1.39. The lowest BCUT2D eigenvalue weighted by Crippen LogP contribution is -2.31. The van der Waals surface area contributed by atoms with Gasteiger partial charge in [0.25, 0.3) is 0 Å². The molecule has 1 N–H and O–H groups in total. The number of anilines is 2. The molecule has 2 aliphatic rings. The molecule has 1 unspecified atom stereocenters. The Labute approximate surface area is 203 Å². The van der Waals surface area contributed by atoms with Gasteiger partial charge < -0.3 is 10.2 Å². The molecule has 0 fully saturated rings. The molecule has 0 amide bonds. The molecule has 2 aromatic carbocycles. The number of nitrogens with zero attached hydrogens (tertiary/aromatic N) is 4. The van der Waals surface area contributed by atoms with Crippen LogP contribution in [0.3, 0.4) is 0 Å². The van der Waals surface area contributed by atoms with E-state index in [1.165, 1.54) is 17.8 Å². The number of benzene rings is 2. The van der Waals surface area contributed by atoms with E-state index < -0.39 is 0 Å². The number of hydrogen-bond donors (Lipinski definition) is 1. The molecule has 8 heteroatoms. The van der Waals surface area contributed by atoms with Crippen molar-refractivity contribution in [2.45, 2.75) is 50.1 Å². The van der Waals surface area contributed by atoms with Gasteiger partial charge in [-0.2, -0.15) is 4.98 Å². The third kappa shape index (κ3) is 4.22. The largest absolute Gasteiger partial charge is 0.372 e. The summed E-state index contributed by atoms with van der Waals surface area (Å²) in [5, 5.41) is 8.67. The van der Waals surface area contributed by atoms with E-state index in [9.17, 15) is 9.18 Å². The van der Waals surface area contributed by atoms with Crippen LogP contribution >= 0.6 is 11.8 Å². The fraction of sp³-hybridized carbons (Fsp3) is 0.346. The highest BCUT2D eigenvalue weighted by Crippen LogP contribution is 2.41. The zero-order valence-electron chi connectivity index (χ0n) is 19.4. The average Bonchev–Trinajstić information content (AvgIpc) is 3.26. The summed E-state index contributed by atoms with van der Waals surface area (Å²) in [5.41, 5.74) is 4.51. The van der Waals surface area contributed by atoms with Crippen LogP contribution in [0.15, 0.2) is 65.0 Å². The Morgan fingerprint density at radius 2 is 1.88 bits per heavy atom. The van der Waals surface area contributed by atoms with E-state index in [4.69, 9.17) is 5.10 Å². The number of aromatic nitrogens is 3. The number of halogens is 1. The molecule has 3 aromatic rings. The lowest BCUT2D eigenvalue weighted by molar-refractivity contribution is -0.116. The molecule has 1 atom stereocenters. The fourth-order valence-electron chi connectivity index (χ4n) is 4.72. The molecule has 0 spiro atoms. The van der Waals surface area contributed by atoms with Crippen LogP contribution in [0.1, 0.15) is 50.3 Å². The van der Waals surface area contributed by atoms with Crippen molar-refractivity contribution in [3.05, 3.63) is 76.7 Å². The Hall–Kier alpha value is -3.13. The van der Waals surface area contributed by atoms with E-state index in [-0.39, 0.29) is 17.6 Å². The minimum Gasteiger partial charge on any atom is -0.372 e. The van der Waals surface area contributed by atoms with Gasteiger partial charge in [-0.1, -0.05) is 42.1 Å². The second-order valence-corrected chi connectivity index (χ2v) is 9.45. The van der Waals surface area contributed by atoms with Gasteiger partial charge in [0.15, 0.2) is 5.78 Å². The molecule has 0 saturated heterocycles. The van der Waals surface area contributed by atoms with E-state index >= 15 is 0 Å². The van der Waals surface area contributed by atoms with Crippen LogP contribution in [0.5, 0.6) is 0 Å². The topological polar surface area (TPSA) is 63.1 Å². The molecule has 1 aliphatic heterocycles. The number of thioether (sulfide) groups is 1. The monoisotopic (exact) mass is 477 g/mol. The Bertz CT molecular complexity index is 1230. The number of hydrogen-bond acceptors (Lipinski definition) is 6. The van der Waals surface area contributed by atoms with Crippen molar-refractivity contribution < 1.29 is 9.18 Å². The minimum atomic E-state index is -0.319. The molecule has 176 valence electrons. The molecule has 5 rings (SSSR count).